The van der Waals surface area contributed by atoms with Crippen LogP contribution in [0.4, 0.5) is 0 Å². The molecule has 0 amide bonds. The van der Waals surface area contributed by atoms with Gasteiger partial charge in [-0.3, -0.25) is 4.09 Å². The zero-order chi connectivity index (χ0) is 8.72. The molecule has 0 aliphatic rings. The van der Waals surface area contributed by atoms with Crippen molar-refractivity contribution >= 4 is 22.7 Å². The van der Waals surface area contributed by atoms with Crippen LogP contribution in [-0.4, -0.2) is 4.09 Å². The zero-order valence-corrected chi connectivity index (χ0v) is 7.89. The standard InChI is InChI=1S/C10H10ClN/c1-7-4-3-5-10-9(7)6-8(2)12(10)11/h3-6H,1-2H3. The Morgan fingerprint density at radius 3 is 2.67 bits per heavy atom. The van der Waals surface area contributed by atoms with Crippen molar-refractivity contribution in [3.05, 3.63) is 35.5 Å². The molecule has 0 unspecified atom stereocenters. The summed E-state index contributed by atoms with van der Waals surface area (Å²) in [5.41, 5.74) is 3.45. The molecular formula is C10H10ClN. The lowest BCUT2D eigenvalue weighted by Gasteiger charge is -1.96. The van der Waals surface area contributed by atoms with Crippen molar-refractivity contribution in [2.75, 3.05) is 0 Å². The molecule has 62 valence electrons. The Labute approximate surface area is 76.7 Å². The summed E-state index contributed by atoms with van der Waals surface area (Å²) in [6.45, 7) is 4.10. The molecule has 1 heterocycles. The fourth-order valence-corrected chi connectivity index (χ4v) is 1.68. The molecule has 1 aromatic heterocycles. The van der Waals surface area contributed by atoms with Crippen LogP contribution in [0.3, 0.4) is 0 Å². The van der Waals surface area contributed by atoms with Crippen LogP contribution in [0.25, 0.3) is 10.9 Å². The van der Waals surface area contributed by atoms with Gasteiger partial charge in [0.25, 0.3) is 0 Å². The van der Waals surface area contributed by atoms with Crippen LogP contribution in [0.5, 0.6) is 0 Å². The van der Waals surface area contributed by atoms with Gasteiger partial charge in [0.15, 0.2) is 0 Å². The maximum Gasteiger partial charge on any atom is 0.0653 e. The number of fused-ring (bicyclic) bond motifs is 1. The molecule has 2 heteroatoms. The van der Waals surface area contributed by atoms with Gasteiger partial charge in [0.2, 0.25) is 0 Å². The maximum atomic E-state index is 6.03. The van der Waals surface area contributed by atoms with Gasteiger partial charge in [-0.25, -0.2) is 0 Å². The number of benzene rings is 1. The van der Waals surface area contributed by atoms with Crippen LogP contribution in [0, 0.1) is 13.8 Å². The van der Waals surface area contributed by atoms with Crippen LogP contribution in [-0.2, 0) is 0 Å². The Kier molecular flexibility index (Phi) is 1.62. The molecule has 0 spiro atoms. The summed E-state index contributed by atoms with van der Waals surface area (Å²) in [5.74, 6) is 0. The molecule has 0 bridgehead atoms. The number of halogens is 1. The van der Waals surface area contributed by atoms with Crippen molar-refractivity contribution in [2.45, 2.75) is 13.8 Å². The van der Waals surface area contributed by atoms with Gasteiger partial charge in [-0.2, -0.15) is 0 Å². The van der Waals surface area contributed by atoms with E-state index >= 15 is 0 Å². The Hall–Kier alpha value is -0.950. The van der Waals surface area contributed by atoms with Crippen molar-refractivity contribution < 1.29 is 0 Å². The molecule has 0 aliphatic carbocycles. The smallest absolute Gasteiger partial charge is 0.0653 e. The van der Waals surface area contributed by atoms with Crippen molar-refractivity contribution in [2.24, 2.45) is 0 Å². The Morgan fingerprint density at radius 1 is 1.25 bits per heavy atom. The number of aromatic nitrogens is 1. The minimum atomic E-state index is 1.08. The molecule has 2 rings (SSSR count). The average Bonchev–Trinajstić information content (AvgIpc) is 2.32. The van der Waals surface area contributed by atoms with E-state index in [1.165, 1.54) is 10.9 Å². The lowest BCUT2D eigenvalue weighted by molar-refractivity contribution is 1.20. The van der Waals surface area contributed by atoms with E-state index in [2.05, 4.69) is 19.1 Å². The molecule has 0 atom stereocenters. The molecular weight excluding hydrogens is 170 g/mol. The highest BCUT2D eigenvalue weighted by Gasteiger charge is 2.03. The first-order valence-electron chi connectivity index (χ1n) is 3.94. The van der Waals surface area contributed by atoms with Gasteiger partial charge < -0.3 is 0 Å². The largest absolute Gasteiger partial charge is 0.257 e. The minimum Gasteiger partial charge on any atom is -0.257 e. The van der Waals surface area contributed by atoms with Gasteiger partial charge >= 0.3 is 0 Å². The number of hydrogen-bond acceptors (Lipinski definition) is 0. The predicted octanol–water partition coefficient (Wildman–Crippen LogP) is 3.26. The van der Waals surface area contributed by atoms with Crippen LogP contribution in [0.1, 0.15) is 11.3 Å². The summed E-state index contributed by atoms with van der Waals surface area (Å²) in [4.78, 5) is 0. The highest BCUT2D eigenvalue weighted by molar-refractivity contribution is 6.19. The van der Waals surface area contributed by atoms with Crippen LogP contribution in [0.2, 0.25) is 0 Å². The Bertz CT molecular complexity index is 429. The van der Waals surface area contributed by atoms with E-state index in [1.807, 2.05) is 19.1 Å². The van der Waals surface area contributed by atoms with Crippen molar-refractivity contribution in [3.8, 4) is 0 Å². The fourth-order valence-electron chi connectivity index (χ4n) is 1.48. The molecule has 0 aliphatic heterocycles. The third-order valence-corrected chi connectivity index (χ3v) is 2.62. The number of nitrogens with zero attached hydrogens (tertiary/aromatic N) is 1. The van der Waals surface area contributed by atoms with Gasteiger partial charge in [-0.1, -0.05) is 12.1 Å². The Morgan fingerprint density at radius 2 is 2.00 bits per heavy atom. The van der Waals surface area contributed by atoms with Crippen molar-refractivity contribution in [1.29, 1.82) is 0 Å². The van der Waals surface area contributed by atoms with E-state index in [0.29, 0.717) is 0 Å². The molecule has 0 radical (unpaired) electrons. The second-order valence-corrected chi connectivity index (χ2v) is 3.41. The quantitative estimate of drug-likeness (QED) is 0.585. The molecule has 12 heavy (non-hydrogen) atoms. The first kappa shape index (κ1) is 7.69. The second kappa shape index (κ2) is 2.53. The molecule has 0 fully saturated rings. The van der Waals surface area contributed by atoms with E-state index in [-0.39, 0.29) is 0 Å². The summed E-state index contributed by atoms with van der Waals surface area (Å²) in [7, 11) is 0. The fraction of sp³-hybridized carbons (Fsp3) is 0.200. The summed E-state index contributed by atoms with van der Waals surface area (Å²) in [5, 5.41) is 1.24. The normalized spacial score (nSPS) is 10.9. The van der Waals surface area contributed by atoms with Crippen LogP contribution in [0.15, 0.2) is 24.3 Å². The highest BCUT2D eigenvalue weighted by Crippen LogP contribution is 2.23. The highest BCUT2D eigenvalue weighted by atomic mass is 35.5. The summed E-state index contributed by atoms with van der Waals surface area (Å²) in [6.07, 6.45) is 0. The molecule has 0 saturated heterocycles. The SMILES string of the molecule is Cc1cccc2c1cc(C)n2Cl. The molecule has 1 aromatic carbocycles. The van der Waals surface area contributed by atoms with E-state index in [9.17, 15) is 0 Å². The zero-order valence-electron chi connectivity index (χ0n) is 7.13. The summed E-state index contributed by atoms with van der Waals surface area (Å²) >= 11 is 6.03. The van der Waals surface area contributed by atoms with Gasteiger partial charge in [-0.05, 0) is 31.5 Å². The Balaban J connectivity index is 2.95. The first-order chi connectivity index (χ1) is 5.70. The predicted molar refractivity (Wildman–Crippen MR) is 52.7 cm³/mol. The van der Waals surface area contributed by atoms with Crippen molar-refractivity contribution in [1.82, 2.24) is 4.09 Å². The van der Waals surface area contributed by atoms with E-state index in [1.54, 1.807) is 4.09 Å². The minimum absolute atomic E-state index is 1.08. The van der Waals surface area contributed by atoms with Crippen LogP contribution < -0.4 is 0 Å². The van der Waals surface area contributed by atoms with E-state index in [0.717, 1.165) is 11.2 Å². The topological polar surface area (TPSA) is 4.93 Å². The number of rotatable bonds is 0. The lowest BCUT2D eigenvalue weighted by Crippen LogP contribution is -1.81. The number of aryl methyl sites for hydroxylation is 2. The third-order valence-electron chi connectivity index (χ3n) is 2.18. The lowest BCUT2D eigenvalue weighted by atomic mass is 10.1. The summed E-state index contributed by atoms with van der Waals surface area (Å²) < 4.78 is 1.70. The maximum absolute atomic E-state index is 6.03. The van der Waals surface area contributed by atoms with Crippen LogP contribution >= 0.6 is 11.8 Å². The monoisotopic (exact) mass is 179 g/mol. The van der Waals surface area contributed by atoms with Gasteiger partial charge in [0, 0.05) is 22.9 Å². The van der Waals surface area contributed by atoms with Gasteiger partial charge in [-0.15, -0.1) is 0 Å². The molecule has 2 aromatic rings. The summed E-state index contributed by atoms with van der Waals surface area (Å²) in [6, 6.07) is 8.26. The third kappa shape index (κ3) is 0.935. The second-order valence-electron chi connectivity index (χ2n) is 3.07. The van der Waals surface area contributed by atoms with Gasteiger partial charge in [0.05, 0.1) is 5.52 Å². The first-order valence-corrected chi connectivity index (χ1v) is 4.28. The molecule has 0 saturated carbocycles. The van der Waals surface area contributed by atoms with Crippen molar-refractivity contribution in [3.63, 3.8) is 0 Å². The number of hydrogen-bond donors (Lipinski definition) is 0. The molecule has 0 N–H and O–H groups in total. The van der Waals surface area contributed by atoms with Gasteiger partial charge in [0.1, 0.15) is 0 Å². The van der Waals surface area contributed by atoms with E-state index < -0.39 is 0 Å². The molecule has 1 nitrogen and oxygen atoms in total. The average molecular weight is 180 g/mol. The van der Waals surface area contributed by atoms with E-state index in [4.69, 9.17) is 11.8 Å².